The second-order valence-corrected chi connectivity index (χ2v) is 5.56. The van der Waals surface area contributed by atoms with Gasteiger partial charge in [-0.2, -0.15) is 0 Å². The highest BCUT2D eigenvalue weighted by molar-refractivity contribution is 5.38. The number of aliphatic hydroxyl groups is 1. The van der Waals surface area contributed by atoms with Gasteiger partial charge < -0.3 is 14.7 Å². The maximum absolute atomic E-state index is 10.6. The van der Waals surface area contributed by atoms with E-state index in [1.165, 1.54) is 5.56 Å². The summed E-state index contributed by atoms with van der Waals surface area (Å²) in [5.41, 5.74) is 0.346. The largest absolute Gasteiger partial charge is 0.491 e. The van der Waals surface area contributed by atoms with Gasteiger partial charge in [0.05, 0.1) is 12.7 Å². The van der Waals surface area contributed by atoms with E-state index in [2.05, 4.69) is 9.97 Å². The van der Waals surface area contributed by atoms with Crippen molar-refractivity contribution in [3.05, 3.63) is 48.4 Å². The first kappa shape index (κ1) is 13.8. The van der Waals surface area contributed by atoms with Crippen LogP contribution >= 0.6 is 0 Å². The smallest absolute Gasteiger partial charge is 0.147 e. The minimum Gasteiger partial charge on any atom is -0.491 e. The van der Waals surface area contributed by atoms with Crippen molar-refractivity contribution in [1.29, 1.82) is 0 Å². The molecular weight excluding hydrogens is 266 g/mol. The summed E-state index contributed by atoms with van der Waals surface area (Å²) in [6, 6.07) is 7.85. The normalized spacial score (nSPS) is 21.5. The van der Waals surface area contributed by atoms with Gasteiger partial charge in [-0.1, -0.05) is 17.7 Å². The van der Waals surface area contributed by atoms with Crippen molar-refractivity contribution in [3.63, 3.8) is 0 Å². The van der Waals surface area contributed by atoms with Crippen LogP contribution in [0.4, 0.5) is 5.82 Å². The number of hydrogen-bond donors (Lipinski definition) is 1. The lowest BCUT2D eigenvalue weighted by atomic mass is 10.1. The van der Waals surface area contributed by atoms with Crippen LogP contribution in [0.2, 0.25) is 0 Å². The molecule has 1 saturated heterocycles. The summed E-state index contributed by atoms with van der Waals surface area (Å²) < 4.78 is 5.72. The highest BCUT2D eigenvalue weighted by atomic mass is 16.5. The molecule has 5 nitrogen and oxygen atoms in total. The van der Waals surface area contributed by atoms with Crippen molar-refractivity contribution in [2.45, 2.75) is 18.9 Å². The molecule has 1 aromatic carbocycles. The van der Waals surface area contributed by atoms with E-state index in [4.69, 9.17) is 4.74 Å². The molecule has 1 aromatic heterocycles. The first-order chi connectivity index (χ1) is 10.1. The summed E-state index contributed by atoms with van der Waals surface area (Å²) >= 11 is 0. The van der Waals surface area contributed by atoms with Crippen LogP contribution in [0.5, 0.6) is 5.75 Å². The average molecular weight is 285 g/mol. The number of hydrogen-bond acceptors (Lipinski definition) is 5. The summed E-state index contributed by atoms with van der Waals surface area (Å²) in [5.74, 6) is 1.58. The van der Waals surface area contributed by atoms with Gasteiger partial charge in [-0.25, -0.2) is 4.98 Å². The van der Waals surface area contributed by atoms with Gasteiger partial charge in [0.15, 0.2) is 0 Å². The predicted octanol–water partition coefficient (Wildman–Crippen LogP) is 1.81. The number of aromatic nitrogens is 2. The fourth-order valence-electron chi connectivity index (χ4n) is 2.48. The number of aryl methyl sites for hydroxylation is 1. The lowest BCUT2D eigenvalue weighted by Gasteiger charge is -2.23. The Balaban J connectivity index is 1.60. The van der Waals surface area contributed by atoms with Gasteiger partial charge in [0.2, 0.25) is 0 Å². The Hall–Kier alpha value is -2.14. The number of anilines is 1. The molecule has 2 aromatic rings. The first-order valence-electron chi connectivity index (χ1n) is 7.07. The van der Waals surface area contributed by atoms with E-state index in [1.54, 1.807) is 18.6 Å². The molecule has 3 rings (SSSR count). The van der Waals surface area contributed by atoms with E-state index >= 15 is 0 Å². The third-order valence-electron chi connectivity index (χ3n) is 3.73. The van der Waals surface area contributed by atoms with Crippen LogP contribution in [-0.4, -0.2) is 40.4 Å². The van der Waals surface area contributed by atoms with Crippen molar-refractivity contribution in [2.24, 2.45) is 0 Å². The van der Waals surface area contributed by atoms with Crippen LogP contribution in [0.25, 0.3) is 0 Å². The molecule has 0 bridgehead atoms. The second kappa shape index (κ2) is 5.69. The van der Waals surface area contributed by atoms with Gasteiger partial charge in [-0.05, 0) is 25.5 Å². The molecule has 2 heterocycles. The maximum Gasteiger partial charge on any atom is 0.147 e. The maximum atomic E-state index is 10.6. The number of nitrogens with zero attached hydrogens (tertiary/aromatic N) is 3. The molecule has 1 atom stereocenters. The van der Waals surface area contributed by atoms with Crippen LogP contribution in [0, 0.1) is 6.92 Å². The fourth-order valence-corrected chi connectivity index (χ4v) is 2.48. The number of rotatable bonds is 4. The van der Waals surface area contributed by atoms with E-state index in [1.807, 2.05) is 36.1 Å². The predicted molar refractivity (Wildman–Crippen MR) is 80.5 cm³/mol. The zero-order valence-corrected chi connectivity index (χ0v) is 12.1. The van der Waals surface area contributed by atoms with Crippen molar-refractivity contribution in [1.82, 2.24) is 9.97 Å². The van der Waals surface area contributed by atoms with Crippen molar-refractivity contribution in [3.8, 4) is 5.75 Å². The Morgan fingerprint density at radius 3 is 2.81 bits per heavy atom. The van der Waals surface area contributed by atoms with Crippen molar-refractivity contribution in [2.75, 3.05) is 24.6 Å². The number of benzene rings is 1. The molecule has 1 N–H and O–H groups in total. The molecule has 1 aliphatic rings. The van der Waals surface area contributed by atoms with Gasteiger partial charge in [0.25, 0.3) is 0 Å². The molecular formula is C16H19N3O2. The monoisotopic (exact) mass is 285 g/mol. The van der Waals surface area contributed by atoms with Gasteiger partial charge >= 0.3 is 0 Å². The third-order valence-corrected chi connectivity index (χ3v) is 3.73. The highest BCUT2D eigenvalue weighted by Gasteiger charge is 2.37. The van der Waals surface area contributed by atoms with Crippen LogP contribution in [0.15, 0.2) is 42.9 Å². The Morgan fingerprint density at radius 1 is 1.29 bits per heavy atom. The highest BCUT2D eigenvalue weighted by Crippen LogP contribution is 2.26. The SMILES string of the molecule is Cc1ccc(OC[C@]2(O)CCN(c3cnccn3)C2)cc1. The summed E-state index contributed by atoms with van der Waals surface area (Å²) in [6.07, 6.45) is 5.68. The Bertz CT molecular complexity index is 588. The molecule has 0 amide bonds. The molecule has 0 radical (unpaired) electrons. The molecule has 0 aliphatic carbocycles. The second-order valence-electron chi connectivity index (χ2n) is 5.56. The van der Waals surface area contributed by atoms with Gasteiger partial charge in [-0.3, -0.25) is 4.98 Å². The Morgan fingerprint density at radius 2 is 2.10 bits per heavy atom. The zero-order chi connectivity index (χ0) is 14.7. The zero-order valence-electron chi connectivity index (χ0n) is 12.1. The summed E-state index contributed by atoms with van der Waals surface area (Å²) in [6.45, 7) is 3.59. The quantitative estimate of drug-likeness (QED) is 0.928. The summed E-state index contributed by atoms with van der Waals surface area (Å²) in [4.78, 5) is 10.4. The van der Waals surface area contributed by atoms with Crippen LogP contribution < -0.4 is 9.64 Å². The van der Waals surface area contributed by atoms with Crippen LogP contribution in [0.1, 0.15) is 12.0 Å². The van der Waals surface area contributed by atoms with E-state index < -0.39 is 5.60 Å². The number of β-amino-alcohol motifs (C(OH)–C–C–N with tert-alkyl or cyclic N) is 1. The molecule has 1 fully saturated rings. The van der Waals surface area contributed by atoms with Crippen molar-refractivity contribution >= 4 is 5.82 Å². The third kappa shape index (κ3) is 3.31. The fraction of sp³-hybridized carbons (Fsp3) is 0.375. The minimum atomic E-state index is -0.845. The van der Waals surface area contributed by atoms with Crippen LogP contribution in [0.3, 0.4) is 0 Å². The summed E-state index contributed by atoms with van der Waals surface area (Å²) in [7, 11) is 0. The van der Waals surface area contributed by atoms with Crippen LogP contribution in [-0.2, 0) is 0 Å². The topological polar surface area (TPSA) is 58.5 Å². The van der Waals surface area contributed by atoms with E-state index in [9.17, 15) is 5.11 Å². The minimum absolute atomic E-state index is 0.285. The van der Waals surface area contributed by atoms with Gasteiger partial charge in [0.1, 0.15) is 23.8 Å². The van der Waals surface area contributed by atoms with Gasteiger partial charge in [0, 0.05) is 18.9 Å². The van der Waals surface area contributed by atoms with Gasteiger partial charge in [-0.15, -0.1) is 0 Å². The molecule has 0 saturated carbocycles. The molecule has 0 spiro atoms. The molecule has 21 heavy (non-hydrogen) atoms. The van der Waals surface area contributed by atoms with E-state index in [0.29, 0.717) is 13.0 Å². The van der Waals surface area contributed by atoms with E-state index in [0.717, 1.165) is 18.1 Å². The summed E-state index contributed by atoms with van der Waals surface area (Å²) in [5, 5.41) is 10.6. The van der Waals surface area contributed by atoms with Crippen molar-refractivity contribution < 1.29 is 9.84 Å². The first-order valence-corrected chi connectivity index (χ1v) is 7.07. The molecule has 0 unspecified atom stereocenters. The standard InChI is InChI=1S/C16H19N3O2/c1-13-2-4-14(5-3-13)21-12-16(20)6-9-19(11-16)15-10-17-7-8-18-15/h2-5,7-8,10,20H,6,9,11-12H2,1H3/t16-/m0/s1. The van der Waals surface area contributed by atoms with E-state index in [-0.39, 0.29) is 6.61 Å². The average Bonchev–Trinajstić information content (AvgIpc) is 2.91. The lowest BCUT2D eigenvalue weighted by Crippen LogP contribution is -2.39. The lowest BCUT2D eigenvalue weighted by molar-refractivity contribution is 0.0144. The number of ether oxygens (including phenoxy) is 1. The molecule has 5 heteroatoms. The Labute approximate surface area is 124 Å². The Kier molecular flexibility index (Phi) is 3.75. The molecule has 1 aliphatic heterocycles. The molecule has 110 valence electrons.